The van der Waals surface area contributed by atoms with Crippen LogP contribution in [0.2, 0.25) is 0 Å². The monoisotopic (exact) mass is 1210 g/mol. The fraction of sp³-hybridized carbons (Fsp3) is 0.373. The molecular weight excluding hydrogens is 1130 g/mol. The molecule has 0 saturated carbocycles. The highest BCUT2D eigenvalue weighted by Gasteiger charge is 2.47. The number of thiophene rings is 4. The first-order chi connectivity index (χ1) is 42.7. The van der Waals surface area contributed by atoms with Crippen LogP contribution >= 0.6 is 45.3 Å². The van der Waals surface area contributed by atoms with Gasteiger partial charge in [-0.05, 0) is 212 Å². The molecule has 0 bridgehead atoms. The highest BCUT2D eigenvalue weighted by molar-refractivity contribution is 7.25. The molecule has 0 amide bonds. The minimum Gasteiger partial charge on any atom is -0.134 e. The highest BCUT2D eigenvalue weighted by Crippen LogP contribution is 2.60. The molecule has 3 aliphatic carbocycles. The van der Waals surface area contributed by atoms with Crippen molar-refractivity contribution in [2.24, 2.45) is 11.8 Å². The Morgan fingerprint density at radius 2 is 0.552 bits per heavy atom. The van der Waals surface area contributed by atoms with Gasteiger partial charge >= 0.3 is 0 Å². The largest absolute Gasteiger partial charge is 0.134 e. The van der Waals surface area contributed by atoms with Crippen molar-refractivity contribution in [2.45, 2.75) is 187 Å². The van der Waals surface area contributed by atoms with Crippen LogP contribution in [0.25, 0.3) is 94.7 Å². The van der Waals surface area contributed by atoms with Gasteiger partial charge in [-0.3, -0.25) is 0 Å². The van der Waals surface area contributed by atoms with Crippen LogP contribution in [0.3, 0.4) is 0 Å². The van der Waals surface area contributed by atoms with Gasteiger partial charge in [0.1, 0.15) is 0 Å². The Morgan fingerprint density at radius 1 is 0.276 bits per heavy atom. The van der Waals surface area contributed by atoms with Crippen molar-refractivity contribution in [3.63, 3.8) is 0 Å². The van der Waals surface area contributed by atoms with Gasteiger partial charge in [0.15, 0.2) is 0 Å². The first kappa shape index (κ1) is 60.1. The first-order valence-electron chi connectivity index (χ1n) is 33.9. The van der Waals surface area contributed by atoms with Gasteiger partial charge in [0.2, 0.25) is 0 Å². The lowest BCUT2D eigenvalue weighted by Crippen LogP contribution is -2.31. The van der Waals surface area contributed by atoms with Crippen LogP contribution in [-0.4, -0.2) is 0 Å². The lowest BCUT2D eigenvalue weighted by Gasteiger charge is -2.39. The summed E-state index contributed by atoms with van der Waals surface area (Å²) in [6, 6.07) is 67.9. The minimum atomic E-state index is -0.0723. The molecular formula is C83H90S4. The Balaban J connectivity index is 0.834. The molecule has 3 aliphatic rings. The van der Waals surface area contributed by atoms with E-state index in [0.29, 0.717) is 11.8 Å². The second kappa shape index (κ2) is 25.5. The molecule has 0 spiro atoms. The Kier molecular flexibility index (Phi) is 17.6. The summed E-state index contributed by atoms with van der Waals surface area (Å²) in [6.07, 6.45) is 22.0. The summed E-state index contributed by atoms with van der Waals surface area (Å²) in [5.41, 5.74) is 23.6. The van der Waals surface area contributed by atoms with Crippen LogP contribution in [0.1, 0.15) is 204 Å². The lowest BCUT2D eigenvalue weighted by atomic mass is 9.65. The Hall–Kier alpha value is -5.88. The van der Waals surface area contributed by atoms with Gasteiger partial charge in [0.05, 0.1) is 0 Å². The average Bonchev–Trinajstić information content (AvgIpc) is 1.62. The topological polar surface area (TPSA) is 0 Å². The van der Waals surface area contributed by atoms with Crippen LogP contribution < -0.4 is 0 Å². The average molecular weight is 1220 g/mol. The zero-order valence-corrected chi connectivity index (χ0v) is 56.4. The summed E-state index contributed by atoms with van der Waals surface area (Å²) in [4.78, 5) is 10.9. The summed E-state index contributed by atoms with van der Waals surface area (Å²) < 4.78 is 0. The molecule has 0 N–H and O–H groups in total. The van der Waals surface area contributed by atoms with E-state index in [4.69, 9.17) is 0 Å². The van der Waals surface area contributed by atoms with Gasteiger partial charge in [-0.2, -0.15) is 0 Å². The number of benzene rings is 6. The maximum absolute atomic E-state index is 2.69. The second-order valence-corrected chi connectivity index (χ2v) is 30.6. The van der Waals surface area contributed by atoms with E-state index in [9.17, 15) is 0 Å². The predicted molar refractivity (Wildman–Crippen MR) is 385 cm³/mol. The number of hydrogen-bond acceptors (Lipinski definition) is 4. The normalized spacial score (nSPS) is 15.2. The zero-order chi connectivity index (χ0) is 59.9. The summed E-state index contributed by atoms with van der Waals surface area (Å²) in [7, 11) is 0. The molecule has 6 aromatic carbocycles. The van der Waals surface area contributed by atoms with E-state index >= 15 is 0 Å². The molecule has 13 rings (SSSR count). The van der Waals surface area contributed by atoms with Gasteiger partial charge in [-0.15, -0.1) is 45.3 Å². The van der Waals surface area contributed by atoms with Crippen molar-refractivity contribution in [3.8, 4) is 94.7 Å². The summed E-state index contributed by atoms with van der Waals surface area (Å²) in [5, 5.41) is 0. The van der Waals surface area contributed by atoms with Crippen LogP contribution in [0.4, 0.5) is 0 Å². The first-order valence-corrected chi connectivity index (χ1v) is 37.1. The van der Waals surface area contributed by atoms with Crippen molar-refractivity contribution in [3.05, 3.63) is 203 Å². The fourth-order valence-electron chi connectivity index (χ4n) is 17.0. The van der Waals surface area contributed by atoms with Gasteiger partial charge < -0.3 is 0 Å². The van der Waals surface area contributed by atoms with E-state index in [1.807, 2.05) is 45.3 Å². The van der Waals surface area contributed by atoms with Crippen molar-refractivity contribution < 1.29 is 0 Å². The van der Waals surface area contributed by atoms with E-state index in [-0.39, 0.29) is 16.2 Å². The van der Waals surface area contributed by atoms with Crippen LogP contribution in [0, 0.1) is 11.8 Å². The molecule has 4 heterocycles. The van der Waals surface area contributed by atoms with Gasteiger partial charge in [0.25, 0.3) is 0 Å². The summed E-state index contributed by atoms with van der Waals surface area (Å²) >= 11 is 7.88. The second-order valence-electron chi connectivity index (χ2n) is 26.3. The lowest BCUT2D eigenvalue weighted by molar-refractivity contribution is 0.266. The maximum Gasteiger partial charge on any atom is 0.0449 e. The minimum absolute atomic E-state index is 0.0723. The van der Waals surface area contributed by atoms with Gasteiger partial charge in [0, 0.05) is 55.3 Å². The summed E-state index contributed by atoms with van der Waals surface area (Å²) in [6.45, 7) is 19.2. The number of hydrogen-bond donors (Lipinski definition) is 0. The van der Waals surface area contributed by atoms with Gasteiger partial charge in [-0.1, -0.05) is 230 Å². The highest BCUT2D eigenvalue weighted by atomic mass is 32.1. The van der Waals surface area contributed by atoms with Crippen molar-refractivity contribution in [1.82, 2.24) is 0 Å². The van der Waals surface area contributed by atoms with Crippen LogP contribution in [-0.2, 0) is 16.2 Å². The quantitative estimate of drug-likeness (QED) is 0.0507. The molecule has 0 radical (unpaired) electrons. The third-order valence-corrected chi connectivity index (χ3v) is 25.9. The third-order valence-electron chi connectivity index (χ3n) is 21.0. The molecule has 0 saturated heterocycles. The molecule has 0 aliphatic heterocycles. The van der Waals surface area contributed by atoms with E-state index < -0.39 is 0 Å². The molecule has 10 aromatic rings. The third kappa shape index (κ3) is 10.7. The maximum atomic E-state index is 2.69. The molecule has 0 nitrogen and oxygen atoms in total. The Morgan fingerprint density at radius 3 is 0.839 bits per heavy atom. The van der Waals surface area contributed by atoms with Crippen molar-refractivity contribution >= 4 is 45.3 Å². The van der Waals surface area contributed by atoms with E-state index in [2.05, 4.69) is 225 Å². The van der Waals surface area contributed by atoms with E-state index in [0.717, 1.165) is 0 Å². The summed E-state index contributed by atoms with van der Waals surface area (Å²) in [5.74, 6) is 1.32. The number of unbranched alkanes of at least 4 members (excludes halogenated alkanes) is 2. The molecule has 446 valence electrons. The molecule has 0 fully saturated rings. The van der Waals surface area contributed by atoms with E-state index in [1.54, 1.807) is 22.3 Å². The standard InChI is InChI=1S/C83H90S4/c1-9-17-23-55(15-7)53-83(54-56(16-8)24-18-10-2)71-51-59(75-39-43-79(86-75)77-41-37-73(84-77)57-29-33-63-61-25-19-21-27-67(61)81(45-11-3,46-12-4)69(63)49-57)31-35-65(71)66-36-32-60(52-72(66)83)76-40-44-80(87-76)78-42-38-74(85-78)58-30-34-64-62-26-20-22-28-68(62)82(47-13-5,48-14-6)70(64)50-58/h19-22,25-44,49-52,55-56H,9-18,23-24,45-48,53-54H2,1-8H3. The molecule has 4 heteroatoms. The number of fused-ring (bicyclic) bond motifs is 9. The molecule has 2 atom stereocenters. The Bertz CT molecular complexity index is 3780. The predicted octanol–water partition coefficient (Wildman–Crippen LogP) is 27.1. The van der Waals surface area contributed by atoms with Crippen LogP contribution in [0.5, 0.6) is 0 Å². The van der Waals surface area contributed by atoms with Crippen LogP contribution in [0.15, 0.2) is 170 Å². The van der Waals surface area contributed by atoms with Crippen molar-refractivity contribution in [2.75, 3.05) is 0 Å². The Labute approximate surface area is 538 Å². The SMILES string of the molecule is CCCCC(CC)CC1(CC(CC)CCCC)c2cc(-c3ccc(-c4ccc(-c5ccc6c(c5)C(CCC)(CCC)c5ccccc5-6)s4)s3)ccc2-c2ccc(-c3ccc(-c4ccc(-c5ccc6c(c5)C(CCC)(CCC)c5ccccc5-6)s4)s3)cc21. The molecule has 4 aromatic heterocycles. The zero-order valence-electron chi connectivity index (χ0n) is 53.2. The van der Waals surface area contributed by atoms with Gasteiger partial charge in [-0.25, -0.2) is 0 Å². The number of rotatable bonds is 26. The molecule has 87 heavy (non-hydrogen) atoms. The van der Waals surface area contributed by atoms with E-state index in [1.165, 1.54) is 221 Å². The molecule has 2 unspecified atom stereocenters. The van der Waals surface area contributed by atoms with Crippen molar-refractivity contribution in [1.29, 1.82) is 0 Å². The fourth-order valence-corrected chi connectivity index (χ4v) is 21.1. The smallest absolute Gasteiger partial charge is 0.0449 e.